The maximum absolute atomic E-state index is 14.3. The van der Waals surface area contributed by atoms with Crippen molar-refractivity contribution in [3.8, 4) is 27.4 Å². The molecule has 0 bridgehead atoms. The van der Waals surface area contributed by atoms with Crippen molar-refractivity contribution in [2.24, 2.45) is 0 Å². The third kappa shape index (κ3) is 7.87. The van der Waals surface area contributed by atoms with Crippen LogP contribution in [0.3, 0.4) is 0 Å². The number of ether oxygens (including phenoxy) is 1. The molecule has 0 radical (unpaired) electrons. The first-order valence-electron chi connectivity index (χ1n) is 17.4. The average Bonchev–Trinajstić information content (AvgIpc) is 3.71. The molecule has 2 aliphatic rings. The number of amides is 3. The number of hydrogen-bond donors (Lipinski definition) is 2. The first-order chi connectivity index (χ1) is 25.8. The molecule has 1 fully saturated rings. The molecule has 1 atom stereocenters. The van der Waals surface area contributed by atoms with E-state index in [1.54, 1.807) is 36.5 Å². The molecular formula is C39H38F3N7O4S. The van der Waals surface area contributed by atoms with Crippen molar-refractivity contribution in [2.75, 3.05) is 57.6 Å². The fourth-order valence-electron chi connectivity index (χ4n) is 6.58. The Kier molecular flexibility index (Phi) is 10.3. The Morgan fingerprint density at radius 3 is 2.50 bits per heavy atom. The smallest absolute Gasteiger partial charge is 0.417 e. The lowest BCUT2D eigenvalue weighted by Gasteiger charge is -2.29. The number of benzene rings is 3. The summed E-state index contributed by atoms with van der Waals surface area (Å²) >= 11 is 1.22. The predicted molar refractivity (Wildman–Crippen MR) is 202 cm³/mol. The van der Waals surface area contributed by atoms with Gasteiger partial charge < -0.3 is 24.8 Å². The zero-order valence-corrected chi connectivity index (χ0v) is 30.7. The molecule has 54 heavy (non-hydrogen) atoms. The Labute approximate surface area is 313 Å². The number of anilines is 2. The summed E-state index contributed by atoms with van der Waals surface area (Å²) in [5, 5.41) is 6.00. The summed E-state index contributed by atoms with van der Waals surface area (Å²) in [6.45, 7) is 2.65. The van der Waals surface area contributed by atoms with Gasteiger partial charge in [-0.2, -0.15) is 13.2 Å². The van der Waals surface area contributed by atoms with Crippen molar-refractivity contribution in [1.82, 2.24) is 25.1 Å². The number of aromatic nitrogens is 2. The minimum absolute atomic E-state index is 0.0336. The highest BCUT2D eigenvalue weighted by Gasteiger charge is 2.39. The highest BCUT2D eigenvalue weighted by molar-refractivity contribution is 7.21. The van der Waals surface area contributed by atoms with Crippen LogP contribution in [-0.4, -0.2) is 90.9 Å². The lowest BCUT2D eigenvalue weighted by Crippen LogP contribution is -2.52. The summed E-state index contributed by atoms with van der Waals surface area (Å²) in [4.78, 5) is 51.1. The van der Waals surface area contributed by atoms with Gasteiger partial charge in [-0.3, -0.25) is 19.7 Å². The molecule has 2 N–H and O–H groups in total. The molecule has 2 aromatic heterocycles. The maximum Gasteiger partial charge on any atom is 0.417 e. The predicted octanol–water partition coefficient (Wildman–Crippen LogP) is 6.29. The van der Waals surface area contributed by atoms with Crippen LogP contribution in [0.2, 0.25) is 0 Å². The Balaban J connectivity index is 0.923. The molecule has 3 aromatic carbocycles. The van der Waals surface area contributed by atoms with E-state index in [4.69, 9.17) is 4.74 Å². The molecule has 2 aliphatic heterocycles. The van der Waals surface area contributed by atoms with Crippen LogP contribution in [0, 0.1) is 0 Å². The number of pyridine rings is 1. The fourth-order valence-corrected chi connectivity index (χ4v) is 7.62. The van der Waals surface area contributed by atoms with Crippen molar-refractivity contribution in [1.29, 1.82) is 0 Å². The summed E-state index contributed by atoms with van der Waals surface area (Å²) in [5.41, 5.74) is 3.07. The molecule has 5 aromatic rings. The van der Waals surface area contributed by atoms with Crippen molar-refractivity contribution >= 4 is 50.8 Å². The van der Waals surface area contributed by atoms with Crippen LogP contribution in [-0.2, 0) is 22.3 Å². The quantitative estimate of drug-likeness (QED) is 0.142. The van der Waals surface area contributed by atoms with Crippen molar-refractivity contribution in [3.63, 3.8) is 0 Å². The number of halogens is 3. The van der Waals surface area contributed by atoms with Gasteiger partial charge in [0.05, 0.1) is 15.8 Å². The first-order valence-corrected chi connectivity index (χ1v) is 18.2. The maximum atomic E-state index is 14.3. The van der Waals surface area contributed by atoms with Crippen LogP contribution >= 0.6 is 11.3 Å². The molecule has 4 heterocycles. The molecule has 15 heteroatoms. The summed E-state index contributed by atoms with van der Waals surface area (Å²) in [7, 11) is 5.67. The summed E-state index contributed by atoms with van der Waals surface area (Å²) in [5.74, 6) is 0.345. The van der Waals surface area contributed by atoms with Gasteiger partial charge in [0.25, 0.3) is 5.91 Å². The molecule has 0 spiro atoms. The molecule has 7 rings (SSSR count). The van der Waals surface area contributed by atoms with Gasteiger partial charge in [0.2, 0.25) is 11.8 Å². The monoisotopic (exact) mass is 757 g/mol. The van der Waals surface area contributed by atoms with Gasteiger partial charge in [0.1, 0.15) is 29.2 Å². The molecule has 1 saturated heterocycles. The van der Waals surface area contributed by atoms with Crippen LogP contribution in [0.5, 0.6) is 5.75 Å². The topological polar surface area (TPSA) is 120 Å². The lowest BCUT2D eigenvalue weighted by atomic mass is 10.00. The third-order valence-corrected chi connectivity index (χ3v) is 10.6. The van der Waals surface area contributed by atoms with Gasteiger partial charge in [0, 0.05) is 75.3 Å². The number of alkyl halides is 3. The number of rotatable bonds is 12. The number of thiazole rings is 1. The van der Waals surface area contributed by atoms with Crippen LogP contribution in [0.4, 0.5) is 24.7 Å². The Morgan fingerprint density at radius 2 is 1.76 bits per heavy atom. The average molecular weight is 758 g/mol. The van der Waals surface area contributed by atoms with Crippen LogP contribution in [0.15, 0.2) is 72.9 Å². The van der Waals surface area contributed by atoms with Gasteiger partial charge >= 0.3 is 6.18 Å². The highest BCUT2D eigenvalue weighted by atomic mass is 32.1. The van der Waals surface area contributed by atoms with E-state index in [9.17, 15) is 27.6 Å². The lowest BCUT2D eigenvalue weighted by molar-refractivity contribution is -0.138. The van der Waals surface area contributed by atoms with Crippen LogP contribution in [0.25, 0.3) is 31.9 Å². The van der Waals surface area contributed by atoms with Crippen LogP contribution < -0.4 is 20.3 Å². The van der Waals surface area contributed by atoms with Gasteiger partial charge in [-0.05, 0) is 79.2 Å². The zero-order chi connectivity index (χ0) is 38.1. The number of hydrogen-bond acceptors (Lipinski definition) is 10. The van der Waals surface area contributed by atoms with Gasteiger partial charge in [-0.1, -0.05) is 12.1 Å². The fraction of sp³-hybridized carbons (Fsp3) is 0.308. The van der Waals surface area contributed by atoms with E-state index in [0.29, 0.717) is 71.4 Å². The number of carbonyl (C=O) groups is 3. The number of imide groups is 1. The van der Waals surface area contributed by atoms with E-state index in [2.05, 4.69) is 25.5 Å². The second kappa shape index (κ2) is 15.1. The van der Waals surface area contributed by atoms with Crippen molar-refractivity contribution in [3.05, 3.63) is 89.6 Å². The normalized spacial score (nSPS) is 15.9. The summed E-state index contributed by atoms with van der Waals surface area (Å²) in [6, 6.07) is 18.0. The van der Waals surface area contributed by atoms with E-state index < -0.39 is 23.7 Å². The largest absolute Gasteiger partial charge is 0.492 e. The van der Waals surface area contributed by atoms with Gasteiger partial charge in [-0.15, -0.1) is 11.3 Å². The Bertz CT molecular complexity index is 2220. The molecule has 0 saturated carbocycles. The molecule has 1 unspecified atom stereocenters. The van der Waals surface area contributed by atoms with Crippen molar-refractivity contribution < 1.29 is 32.3 Å². The molecule has 3 amide bonds. The minimum atomic E-state index is -4.58. The SMILES string of the molecule is CN(CCNc1ccc2nc(-c3ccc(-c4ccc(N(C)C)nc4)cc3C(F)(F)F)sc2c1)CCOc1ccc2c(c1)CN(C1CCC(=O)NC1=O)C2=O. The third-order valence-electron chi connectivity index (χ3n) is 9.54. The van der Waals surface area contributed by atoms with E-state index in [1.807, 2.05) is 50.3 Å². The van der Waals surface area contributed by atoms with Crippen LogP contribution in [0.1, 0.15) is 34.3 Å². The van der Waals surface area contributed by atoms with Gasteiger partial charge in [-0.25, -0.2) is 9.97 Å². The highest BCUT2D eigenvalue weighted by Crippen LogP contribution is 2.42. The van der Waals surface area contributed by atoms with Gasteiger partial charge in [0.15, 0.2) is 0 Å². The van der Waals surface area contributed by atoms with E-state index in [0.717, 1.165) is 22.0 Å². The number of likely N-dealkylation sites (N-methyl/N-ethyl adjacent to an activating group) is 1. The van der Waals surface area contributed by atoms with Crippen molar-refractivity contribution in [2.45, 2.75) is 31.6 Å². The van der Waals surface area contributed by atoms with E-state index in [-0.39, 0.29) is 30.3 Å². The number of carbonyl (C=O) groups excluding carboxylic acids is 3. The second-order valence-electron chi connectivity index (χ2n) is 13.6. The Morgan fingerprint density at radius 1 is 0.963 bits per heavy atom. The zero-order valence-electron chi connectivity index (χ0n) is 29.9. The summed E-state index contributed by atoms with van der Waals surface area (Å²) < 4.78 is 49.8. The first kappa shape index (κ1) is 36.8. The molecule has 11 nitrogen and oxygen atoms in total. The molecular weight excluding hydrogens is 720 g/mol. The summed E-state index contributed by atoms with van der Waals surface area (Å²) in [6.07, 6.45) is -2.49. The molecule has 0 aliphatic carbocycles. The number of piperidine rings is 1. The minimum Gasteiger partial charge on any atom is -0.492 e. The Hall–Kier alpha value is -5.54. The number of nitrogens with zero attached hydrogens (tertiary/aromatic N) is 5. The second-order valence-corrected chi connectivity index (χ2v) is 14.6. The molecule has 280 valence electrons. The number of fused-ring (bicyclic) bond motifs is 2. The van der Waals surface area contributed by atoms with E-state index in [1.165, 1.54) is 22.3 Å². The van der Waals surface area contributed by atoms with E-state index >= 15 is 0 Å². The number of nitrogens with one attached hydrogen (secondary N) is 2. The standard InChI is InChI=1S/C39H38F3N7O4S/c1-47(2)34-12-5-24(21-44-34)23-4-8-29(30(19-23)39(40,41)42)37-45-31-10-6-26(20-33(31)54-37)43-14-15-48(3)16-17-53-27-7-9-28-25(18-27)22-49(38(28)52)32-11-13-35(50)46-36(32)51/h4-10,12,18-21,32,43H,11,13-17,22H2,1-3H3,(H,46,50,51).